The topological polar surface area (TPSA) is 42.9 Å². The first-order valence-electron chi connectivity index (χ1n) is 8.53. The lowest BCUT2D eigenvalue weighted by Crippen LogP contribution is -2.63. The molecule has 1 aromatic carbocycles. The third-order valence-electron chi connectivity index (χ3n) is 4.84. The Bertz CT molecular complexity index is 609. The summed E-state index contributed by atoms with van der Waals surface area (Å²) in [6.45, 7) is 6.60. The molecule has 2 N–H and O–H groups in total. The predicted molar refractivity (Wildman–Crippen MR) is 91.4 cm³/mol. The number of hydrogen-bond acceptors (Lipinski definition) is 3. The van der Waals surface area contributed by atoms with Gasteiger partial charge in [-0.1, -0.05) is 12.1 Å². The Morgan fingerprint density at radius 1 is 1.20 bits per heavy atom. The molecule has 3 fully saturated rings. The summed E-state index contributed by atoms with van der Waals surface area (Å²) in [6, 6.07) is 5.80. The van der Waals surface area contributed by atoms with Crippen LogP contribution in [-0.2, 0) is 12.7 Å². The Balaban J connectivity index is 1.50. The normalized spacial score (nSPS) is 26.6. The van der Waals surface area contributed by atoms with Gasteiger partial charge in [-0.25, -0.2) is 0 Å². The van der Waals surface area contributed by atoms with E-state index in [1.165, 1.54) is 12.1 Å². The number of piperazine rings is 3. The molecule has 25 heavy (non-hydrogen) atoms. The van der Waals surface area contributed by atoms with E-state index in [0.717, 1.165) is 45.3 Å². The molecule has 0 amide bonds. The van der Waals surface area contributed by atoms with Gasteiger partial charge in [-0.15, -0.1) is 0 Å². The van der Waals surface area contributed by atoms with E-state index in [2.05, 4.69) is 25.4 Å². The lowest BCUT2D eigenvalue weighted by Gasteiger charge is -2.47. The number of guanidine groups is 1. The van der Waals surface area contributed by atoms with Crippen molar-refractivity contribution in [1.29, 1.82) is 0 Å². The highest BCUT2D eigenvalue weighted by atomic mass is 19.4. The van der Waals surface area contributed by atoms with E-state index in [4.69, 9.17) is 0 Å². The molecule has 3 saturated heterocycles. The van der Waals surface area contributed by atoms with Crippen LogP contribution in [0.1, 0.15) is 11.1 Å². The monoisotopic (exact) mass is 355 g/mol. The molecule has 0 saturated carbocycles. The largest absolute Gasteiger partial charge is 0.416 e. The number of alkyl halides is 3. The lowest BCUT2D eigenvalue weighted by molar-refractivity contribution is -0.137. The van der Waals surface area contributed by atoms with Crippen molar-refractivity contribution in [3.63, 3.8) is 0 Å². The molecule has 8 heteroatoms. The van der Waals surface area contributed by atoms with Gasteiger partial charge in [-0.05, 0) is 17.7 Å². The quantitative estimate of drug-likeness (QED) is 0.633. The van der Waals surface area contributed by atoms with Crippen molar-refractivity contribution in [2.75, 3.05) is 46.3 Å². The number of fused-ring (bicyclic) bond motifs is 3. The summed E-state index contributed by atoms with van der Waals surface area (Å²) in [5.74, 6) is 0.607. The molecule has 0 radical (unpaired) electrons. The first-order valence-corrected chi connectivity index (χ1v) is 8.53. The fourth-order valence-electron chi connectivity index (χ4n) is 3.40. The van der Waals surface area contributed by atoms with Gasteiger partial charge < -0.3 is 10.6 Å². The zero-order valence-corrected chi connectivity index (χ0v) is 14.3. The molecule has 3 aliphatic heterocycles. The van der Waals surface area contributed by atoms with Crippen LogP contribution in [0, 0.1) is 0 Å². The predicted octanol–water partition coefficient (Wildman–Crippen LogP) is 1.37. The highest BCUT2D eigenvalue weighted by Crippen LogP contribution is 2.29. The number of rotatable bonds is 4. The van der Waals surface area contributed by atoms with Crippen LogP contribution in [0.3, 0.4) is 0 Å². The molecule has 2 bridgehead atoms. The van der Waals surface area contributed by atoms with E-state index in [0.29, 0.717) is 24.1 Å². The maximum Gasteiger partial charge on any atom is 0.416 e. The SMILES string of the molecule is CN=C(NCc1cccc(C(F)(F)F)c1)NCC1CN2CCN1CC2. The molecule has 1 aromatic rings. The van der Waals surface area contributed by atoms with Gasteiger partial charge >= 0.3 is 6.18 Å². The summed E-state index contributed by atoms with van der Waals surface area (Å²) in [5, 5.41) is 6.37. The summed E-state index contributed by atoms with van der Waals surface area (Å²) >= 11 is 0. The molecule has 3 aliphatic rings. The first-order chi connectivity index (χ1) is 12.0. The lowest BCUT2D eigenvalue weighted by atomic mass is 10.1. The van der Waals surface area contributed by atoms with Crippen LogP contribution in [0.4, 0.5) is 13.2 Å². The molecule has 1 atom stereocenters. The van der Waals surface area contributed by atoms with Crippen molar-refractivity contribution in [3.05, 3.63) is 35.4 Å². The van der Waals surface area contributed by atoms with Crippen molar-refractivity contribution in [2.45, 2.75) is 18.8 Å². The number of nitrogens with zero attached hydrogens (tertiary/aromatic N) is 3. The molecule has 0 aliphatic carbocycles. The van der Waals surface area contributed by atoms with Gasteiger partial charge in [0.25, 0.3) is 0 Å². The summed E-state index contributed by atoms with van der Waals surface area (Å²) in [5.41, 5.74) is -0.0563. The van der Waals surface area contributed by atoms with Crippen LogP contribution in [0.5, 0.6) is 0 Å². The zero-order chi connectivity index (χ0) is 17.9. The molecular formula is C17H24F3N5. The maximum atomic E-state index is 12.8. The summed E-state index contributed by atoms with van der Waals surface area (Å²) < 4.78 is 38.3. The van der Waals surface area contributed by atoms with Gasteiger partial charge in [0.05, 0.1) is 5.56 Å². The Labute approximate surface area is 145 Å². The number of halogens is 3. The van der Waals surface area contributed by atoms with Crippen molar-refractivity contribution >= 4 is 5.96 Å². The van der Waals surface area contributed by atoms with Crippen molar-refractivity contribution in [1.82, 2.24) is 20.4 Å². The second-order valence-corrected chi connectivity index (χ2v) is 6.50. The van der Waals surface area contributed by atoms with E-state index in [1.54, 1.807) is 13.1 Å². The van der Waals surface area contributed by atoms with Crippen LogP contribution < -0.4 is 10.6 Å². The molecule has 0 aromatic heterocycles. The van der Waals surface area contributed by atoms with Crippen LogP contribution in [0.25, 0.3) is 0 Å². The van der Waals surface area contributed by atoms with Crippen molar-refractivity contribution < 1.29 is 13.2 Å². The molecule has 4 rings (SSSR count). The average Bonchev–Trinajstić information content (AvgIpc) is 2.62. The molecular weight excluding hydrogens is 331 g/mol. The molecule has 1 unspecified atom stereocenters. The minimum absolute atomic E-state index is 0.296. The summed E-state index contributed by atoms with van der Waals surface area (Å²) in [4.78, 5) is 9.10. The van der Waals surface area contributed by atoms with Gasteiger partial charge in [0.2, 0.25) is 0 Å². The fraction of sp³-hybridized carbons (Fsp3) is 0.588. The number of hydrogen-bond donors (Lipinski definition) is 2. The smallest absolute Gasteiger partial charge is 0.355 e. The first kappa shape index (κ1) is 18.0. The van der Waals surface area contributed by atoms with Crippen LogP contribution in [0.2, 0.25) is 0 Å². The summed E-state index contributed by atoms with van der Waals surface area (Å²) in [7, 11) is 1.66. The Morgan fingerprint density at radius 3 is 2.56 bits per heavy atom. The molecule has 3 heterocycles. The highest BCUT2D eigenvalue weighted by Gasteiger charge is 2.32. The minimum atomic E-state index is -4.32. The zero-order valence-electron chi connectivity index (χ0n) is 14.3. The number of aliphatic imine (C=N–C) groups is 1. The Hall–Kier alpha value is -1.80. The van der Waals surface area contributed by atoms with Crippen LogP contribution in [0.15, 0.2) is 29.3 Å². The second kappa shape index (κ2) is 7.61. The van der Waals surface area contributed by atoms with E-state index in [9.17, 15) is 13.2 Å². The third kappa shape index (κ3) is 4.64. The van der Waals surface area contributed by atoms with Gasteiger partial charge in [0.1, 0.15) is 0 Å². The van der Waals surface area contributed by atoms with Crippen molar-refractivity contribution in [3.8, 4) is 0 Å². The van der Waals surface area contributed by atoms with Gasteiger partial charge in [0.15, 0.2) is 5.96 Å². The van der Waals surface area contributed by atoms with Crippen molar-refractivity contribution in [2.24, 2.45) is 4.99 Å². The summed E-state index contributed by atoms with van der Waals surface area (Å²) in [6.07, 6.45) is -4.32. The second-order valence-electron chi connectivity index (χ2n) is 6.50. The van der Waals surface area contributed by atoms with Gasteiger partial charge in [0, 0.05) is 58.9 Å². The van der Waals surface area contributed by atoms with E-state index < -0.39 is 11.7 Å². The third-order valence-corrected chi connectivity index (χ3v) is 4.84. The van der Waals surface area contributed by atoms with E-state index in [-0.39, 0.29) is 0 Å². The minimum Gasteiger partial charge on any atom is -0.355 e. The maximum absolute atomic E-state index is 12.8. The highest BCUT2D eigenvalue weighted by molar-refractivity contribution is 5.79. The van der Waals surface area contributed by atoms with Crippen LogP contribution >= 0.6 is 0 Å². The fourth-order valence-corrected chi connectivity index (χ4v) is 3.40. The average molecular weight is 355 g/mol. The van der Waals surface area contributed by atoms with Gasteiger partial charge in [-0.3, -0.25) is 14.8 Å². The molecule has 5 nitrogen and oxygen atoms in total. The standard InChI is InChI=1S/C17H24F3N5/c1-21-16(23-11-15-12-24-5-7-25(15)8-6-24)22-10-13-3-2-4-14(9-13)17(18,19)20/h2-4,9,15H,5-8,10-12H2,1H3,(H2,21,22,23). The van der Waals surface area contributed by atoms with E-state index in [1.807, 2.05) is 0 Å². The number of benzene rings is 1. The van der Waals surface area contributed by atoms with E-state index >= 15 is 0 Å². The van der Waals surface area contributed by atoms with Gasteiger partial charge in [-0.2, -0.15) is 13.2 Å². The number of nitrogens with one attached hydrogen (secondary N) is 2. The molecule has 138 valence electrons. The molecule has 0 spiro atoms. The van der Waals surface area contributed by atoms with Crippen LogP contribution in [-0.4, -0.2) is 68.1 Å². The Kier molecular flexibility index (Phi) is 5.48. The Morgan fingerprint density at radius 2 is 1.96 bits per heavy atom.